The molecule has 0 aliphatic rings. The molecule has 0 radical (unpaired) electrons. The van der Waals surface area contributed by atoms with Gasteiger partial charge in [0, 0.05) is 12.4 Å². The van der Waals surface area contributed by atoms with Crippen LogP contribution in [0.1, 0.15) is 18.7 Å². The number of halogens is 1. The second-order valence-corrected chi connectivity index (χ2v) is 5.73. The minimum Gasteiger partial charge on any atom is -0.394 e. The number of rotatable bonds is 4. The normalized spacial score (nSPS) is 12.2. The summed E-state index contributed by atoms with van der Waals surface area (Å²) < 4.78 is 14.7. The lowest BCUT2D eigenvalue weighted by atomic mass is 10.2. The van der Waals surface area contributed by atoms with E-state index in [1.54, 1.807) is 35.4 Å². The molecule has 130 valence electrons. The zero-order valence-corrected chi connectivity index (χ0v) is 13.8. The summed E-state index contributed by atoms with van der Waals surface area (Å²) >= 11 is 0. The van der Waals surface area contributed by atoms with Gasteiger partial charge in [-0.15, -0.1) is 0 Å². The average molecular weight is 350 g/mol. The van der Waals surface area contributed by atoms with Crippen LogP contribution >= 0.6 is 0 Å². The van der Waals surface area contributed by atoms with E-state index < -0.39 is 0 Å². The highest BCUT2D eigenvalue weighted by atomic mass is 19.1. The molecule has 0 fully saturated rings. The Labute approximate surface area is 148 Å². The molecule has 8 nitrogen and oxygen atoms in total. The zero-order chi connectivity index (χ0) is 18.1. The topological polar surface area (TPSA) is 107 Å². The number of hydrogen-bond donors (Lipinski definition) is 2. The van der Waals surface area contributed by atoms with Gasteiger partial charge in [0.1, 0.15) is 5.82 Å². The fourth-order valence-corrected chi connectivity index (χ4v) is 2.57. The molecular weight excluding hydrogens is 335 g/mol. The highest BCUT2D eigenvalue weighted by molar-refractivity contribution is 5.76. The van der Waals surface area contributed by atoms with Gasteiger partial charge in [-0.2, -0.15) is 5.10 Å². The second-order valence-electron chi connectivity index (χ2n) is 5.73. The van der Waals surface area contributed by atoms with E-state index in [1.165, 1.54) is 18.5 Å². The van der Waals surface area contributed by atoms with Crippen molar-refractivity contribution in [2.45, 2.75) is 13.0 Å². The predicted octanol–water partition coefficient (Wildman–Crippen LogP) is 2.48. The van der Waals surface area contributed by atoms with Crippen molar-refractivity contribution in [1.82, 2.24) is 29.5 Å². The van der Waals surface area contributed by atoms with Crippen molar-refractivity contribution in [2.75, 3.05) is 11.1 Å². The molecule has 9 heteroatoms. The first kappa shape index (κ1) is 15.9. The van der Waals surface area contributed by atoms with Gasteiger partial charge in [-0.05, 0) is 19.1 Å². The van der Waals surface area contributed by atoms with Gasteiger partial charge in [0.2, 0.25) is 0 Å². The molecule has 4 aromatic heterocycles. The highest BCUT2D eigenvalue weighted by Crippen LogP contribution is 2.26. The molecule has 26 heavy (non-hydrogen) atoms. The number of nitrogen functional groups attached to an aromatic ring is 1. The molecule has 0 unspecified atom stereocenters. The van der Waals surface area contributed by atoms with Crippen molar-refractivity contribution in [2.24, 2.45) is 0 Å². The van der Waals surface area contributed by atoms with Gasteiger partial charge in [-0.25, -0.2) is 18.9 Å². The Kier molecular flexibility index (Phi) is 3.88. The Bertz CT molecular complexity index is 1060. The van der Waals surface area contributed by atoms with Crippen molar-refractivity contribution in [3.63, 3.8) is 0 Å². The van der Waals surface area contributed by atoms with Crippen LogP contribution in [0.2, 0.25) is 0 Å². The summed E-state index contributed by atoms with van der Waals surface area (Å²) in [5, 5.41) is 7.46. The number of aromatic nitrogens is 6. The van der Waals surface area contributed by atoms with Crippen LogP contribution in [0.15, 0.2) is 49.3 Å². The standard InChI is InChI=1S/C17H15FN8/c1-10(14-3-2-11(18)6-21-14)24-17-13(19)8-22-16(25-17)12-7-23-26-5-4-20-9-15(12)26/h2-10H,19H2,1H3,(H,22,24,25)/t10-/m1/s1. The van der Waals surface area contributed by atoms with Gasteiger partial charge in [-0.3, -0.25) is 9.97 Å². The number of hydrogen-bond acceptors (Lipinski definition) is 7. The summed E-state index contributed by atoms with van der Waals surface area (Å²) in [5.74, 6) is 0.562. The van der Waals surface area contributed by atoms with Crippen molar-refractivity contribution < 1.29 is 4.39 Å². The minimum absolute atomic E-state index is 0.216. The zero-order valence-electron chi connectivity index (χ0n) is 13.8. The van der Waals surface area contributed by atoms with Crippen LogP contribution in [0, 0.1) is 5.82 Å². The molecule has 4 aromatic rings. The lowest BCUT2D eigenvalue weighted by Gasteiger charge is -2.15. The first-order chi connectivity index (χ1) is 12.6. The molecule has 0 aromatic carbocycles. The van der Waals surface area contributed by atoms with Crippen LogP contribution < -0.4 is 11.1 Å². The van der Waals surface area contributed by atoms with E-state index in [0.29, 0.717) is 23.0 Å². The maximum absolute atomic E-state index is 13.0. The maximum Gasteiger partial charge on any atom is 0.165 e. The molecule has 0 spiro atoms. The van der Waals surface area contributed by atoms with Crippen LogP contribution in [-0.2, 0) is 0 Å². The van der Waals surface area contributed by atoms with Crippen molar-refractivity contribution >= 4 is 17.0 Å². The molecule has 0 bridgehead atoms. The number of nitrogens with zero attached hydrogens (tertiary/aromatic N) is 6. The van der Waals surface area contributed by atoms with E-state index in [9.17, 15) is 4.39 Å². The van der Waals surface area contributed by atoms with Gasteiger partial charge < -0.3 is 11.1 Å². The van der Waals surface area contributed by atoms with E-state index in [-0.39, 0.29) is 11.9 Å². The van der Waals surface area contributed by atoms with E-state index >= 15 is 0 Å². The number of nitrogens with one attached hydrogen (secondary N) is 1. The molecule has 0 aliphatic heterocycles. The van der Waals surface area contributed by atoms with Gasteiger partial charge >= 0.3 is 0 Å². The number of nitrogens with two attached hydrogens (primary N) is 1. The Morgan fingerprint density at radius 2 is 2.04 bits per heavy atom. The molecular formula is C17H15FN8. The molecule has 1 atom stereocenters. The molecule has 4 rings (SSSR count). The van der Waals surface area contributed by atoms with Crippen LogP contribution in [0.5, 0.6) is 0 Å². The molecule has 0 saturated heterocycles. The summed E-state index contributed by atoms with van der Waals surface area (Å²) in [5.41, 5.74) is 8.61. The SMILES string of the molecule is C[C@@H](Nc1nc(-c2cnn3ccncc23)ncc1N)c1ccc(F)cn1. The first-order valence-corrected chi connectivity index (χ1v) is 7.90. The van der Waals surface area contributed by atoms with E-state index in [4.69, 9.17) is 5.73 Å². The van der Waals surface area contributed by atoms with Crippen LogP contribution in [0.4, 0.5) is 15.9 Å². The van der Waals surface area contributed by atoms with Crippen LogP contribution in [0.3, 0.4) is 0 Å². The van der Waals surface area contributed by atoms with Crippen molar-refractivity contribution in [3.8, 4) is 11.4 Å². The third-order valence-corrected chi connectivity index (χ3v) is 3.93. The Morgan fingerprint density at radius 1 is 1.15 bits per heavy atom. The average Bonchev–Trinajstić information content (AvgIpc) is 3.08. The van der Waals surface area contributed by atoms with Crippen LogP contribution in [-0.4, -0.2) is 29.5 Å². The smallest absolute Gasteiger partial charge is 0.165 e. The van der Waals surface area contributed by atoms with Crippen molar-refractivity contribution in [3.05, 3.63) is 60.8 Å². The second kappa shape index (κ2) is 6.36. The van der Waals surface area contributed by atoms with Gasteiger partial charge in [-0.1, -0.05) is 0 Å². The maximum atomic E-state index is 13.0. The first-order valence-electron chi connectivity index (χ1n) is 7.90. The third-order valence-electron chi connectivity index (χ3n) is 3.93. The van der Waals surface area contributed by atoms with Crippen LogP contribution in [0.25, 0.3) is 16.9 Å². The summed E-state index contributed by atoms with van der Waals surface area (Å²) in [4.78, 5) is 17.0. The molecule has 4 heterocycles. The van der Waals surface area contributed by atoms with Gasteiger partial charge in [0.15, 0.2) is 11.6 Å². The quantitative estimate of drug-likeness (QED) is 0.582. The molecule has 0 saturated carbocycles. The molecule has 0 amide bonds. The van der Waals surface area contributed by atoms with Gasteiger partial charge in [0.05, 0.1) is 53.3 Å². The fourth-order valence-electron chi connectivity index (χ4n) is 2.57. The number of anilines is 2. The monoisotopic (exact) mass is 350 g/mol. The lowest BCUT2D eigenvalue weighted by molar-refractivity contribution is 0.617. The summed E-state index contributed by atoms with van der Waals surface area (Å²) in [6.07, 6.45) is 9.48. The highest BCUT2D eigenvalue weighted by Gasteiger charge is 2.14. The summed E-state index contributed by atoms with van der Waals surface area (Å²) in [6.45, 7) is 1.89. The Balaban J connectivity index is 1.67. The van der Waals surface area contributed by atoms with E-state index in [0.717, 1.165) is 11.1 Å². The molecule has 3 N–H and O–H groups in total. The Morgan fingerprint density at radius 3 is 2.85 bits per heavy atom. The third kappa shape index (κ3) is 2.90. The van der Waals surface area contributed by atoms with Gasteiger partial charge in [0.25, 0.3) is 0 Å². The van der Waals surface area contributed by atoms with E-state index in [2.05, 4.69) is 30.4 Å². The molecule has 0 aliphatic carbocycles. The number of pyridine rings is 1. The lowest BCUT2D eigenvalue weighted by Crippen LogP contribution is -2.12. The fraction of sp³-hybridized carbons (Fsp3) is 0.118. The minimum atomic E-state index is -0.383. The number of fused-ring (bicyclic) bond motifs is 1. The Hall–Kier alpha value is -3.62. The summed E-state index contributed by atoms with van der Waals surface area (Å²) in [7, 11) is 0. The largest absolute Gasteiger partial charge is 0.394 e. The predicted molar refractivity (Wildman–Crippen MR) is 94.7 cm³/mol. The van der Waals surface area contributed by atoms with E-state index in [1.807, 2.05) is 6.92 Å². The van der Waals surface area contributed by atoms with Crippen molar-refractivity contribution in [1.29, 1.82) is 0 Å². The summed E-state index contributed by atoms with van der Waals surface area (Å²) in [6, 6.07) is 2.76.